The molecular formula is C16H17BrOS. The summed E-state index contributed by atoms with van der Waals surface area (Å²) >= 11 is 5.38. The highest BCUT2D eigenvalue weighted by molar-refractivity contribution is 9.10. The van der Waals surface area contributed by atoms with Crippen LogP contribution in [0.15, 0.2) is 45.8 Å². The molecule has 0 radical (unpaired) electrons. The Labute approximate surface area is 127 Å². The lowest BCUT2D eigenvalue weighted by Crippen LogP contribution is -1.87. The lowest BCUT2D eigenvalue weighted by Gasteiger charge is -2.07. The van der Waals surface area contributed by atoms with Crippen molar-refractivity contribution >= 4 is 27.7 Å². The summed E-state index contributed by atoms with van der Waals surface area (Å²) in [6.07, 6.45) is 0. The molecule has 0 aliphatic heterocycles. The van der Waals surface area contributed by atoms with E-state index in [1.165, 1.54) is 21.6 Å². The van der Waals surface area contributed by atoms with Crippen LogP contribution in [0.2, 0.25) is 0 Å². The van der Waals surface area contributed by atoms with Gasteiger partial charge in [0.15, 0.2) is 0 Å². The van der Waals surface area contributed by atoms with E-state index in [-0.39, 0.29) is 0 Å². The molecule has 2 aromatic rings. The Kier molecular flexibility index (Phi) is 4.94. The summed E-state index contributed by atoms with van der Waals surface area (Å²) in [4.78, 5) is 1.31. The van der Waals surface area contributed by atoms with Crippen LogP contribution in [0.5, 0.6) is 5.75 Å². The first-order valence-electron chi connectivity index (χ1n) is 6.12. The van der Waals surface area contributed by atoms with E-state index in [2.05, 4.69) is 60.1 Å². The van der Waals surface area contributed by atoms with Crippen LogP contribution in [-0.2, 0) is 5.75 Å². The largest absolute Gasteiger partial charge is 0.496 e. The maximum absolute atomic E-state index is 5.24. The normalized spacial score (nSPS) is 10.5. The summed E-state index contributed by atoms with van der Waals surface area (Å²) in [5.41, 5.74) is 3.98. The van der Waals surface area contributed by atoms with Gasteiger partial charge in [0.1, 0.15) is 5.75 Å². The predicted octanol–water partition coefficient (Wildman–Crippen LogP) is 5.37. The van der Waals surface area contributed by atoms with Crippen molar-refractivity contribution in [2.24, 2.45) is 0 Å². The second kappa shape index (κ2) is 6.49. The Bertz CT molecular complexity index is 581. The standard InChI is InChI=1S/C16H17BrOS/c1-11-4-6-14(8-12(11)2)19-10-13-5-7-16(18-3)15(17)9-13/h4-9H,10H2,1-3H3. The van der Waals surface area contributed by atoms with Gasteiger partial charge in [-0.1, -0.05) is 12.1 Å². The van der Waals surface area contributed by atoms with E-state index in [0.29, 0.717) is 0 Å². The first-order valence-corrected chi connectivity index (χ1v) is 7.90. The van der Waals surface area contributed by atoms with Crippen molar-refractivity contribution in [3.8, 4) is 5.75 Å². The molecule has 19 heavy (non-hydrogen) atoms. The summed E-state index contributed by atoms with van der Waals surface area (Å²) in [5.74, 6) is 1.84. The zero-order chi connectivity index (χ0) is 13.8. The third kappa shape index (κ3) is 3.77. The zero-order valence-corrected chi connectivity index (χ0v) is 13.8. The number of rotatable bonds is 4. The highest BCUT2D eigenvalue weighted by Gasteiger charge is 2.03. The van der Waals surface area contributed by atoms with Gasteiger partial charge in [0.2, 0.25) is 0 Å². The SMILES string of the molecule is COc1ccc(CSc2ccc(C)c(C)c2)cc1Br. The summed E-state index contributed by atoms with van der Waals surface area (Å²) in [6.45, 7) is 4.30. The highest BCUT2D eigenvalue weighted by atomic mass is 79.9. The molecule has 0 fully saturated rings. The van der Waals surface area contributed by atoms with Crippen LogP contribution in [0.25, 0.3) is 0 Å². The molecule has 0 aliphatic rings. The molecule has 0 atom stereocenters. The van der Waals surface area contributed by atoms with Gasteiger partial charge in [-0.15, -0.1) is 11.8 Å². The van der Waals surface area contributed by atoms with Crippen LogP contribution in [-0.4, -0.2) is 7.11 Å². The molecule has 0 N–H and O–H groups in total. The van der Waals surface area contributed by atoms with Gasteiger partial charge in [-0.25, -0.2) is 0 Å². The number of aryl methyl sites for hydroxylation is 2. The van der Waals surface area contributed by atoms with Gasteiger partial charge >= 0.3 is 0 Å². The van der Waals surface area contributed by atoms with E-state index in [1.54, 1.807) is 7.11 Å². The van der Waals surface area contributed by atoms with Crippen LogP contribution in [0, 0.1) is 13.8 Å². The number of benzene rings is 2. The number of hydrogen-bond donors (Lipinski definition) is 0. The zero-order valence-electron chi connectivity index (χ0n) is 11.4. The molecule has 0 aliphatic carbocycles. The van der Waals surface area contributed by atoms with Gasteiger partial charge in [0, 0.05) is 10.6 Å². The summed E-state index contributed by atoms with van der Waals surface area (Å²) in [7, 11) is 1.68. The molecule has 0 unspecified atom stereocenters. The summed E-state index contributed by atoms with van der Waals surface area (Å²) < 4.78 is 6.25. The lowest BCUT2D eigenvalue weighted by molar-refractivity contribution is 0.412. The average Bonchev–Trinajstić information content (AvgIpc) is 2.40. The molecular weight excluding hydrogens is 320 g/mol. The Hall–Kier alpha value is -0.930. The fourth-order valence-electron chi connectivity index (χ4n) is 1.77. The third-order valence-corrected chi connectivity index (χ3v) is 4.78. The minimum absolute atomic E-state index is 0.875. The quantitative estimate of drug-likeness (QED) is 0.694. The third-order valence-electron chi connectivity index (χ3n) is 3.10. The van der Waals surface area contributed by atoms with Crippen molar-refractivity contribution in [1.29, 1.82) is 0 Å². The molecule has 0 spiro atoms. The molecule has 3 heteroatoms. The van der Waals surface area contributed by atoms with Crippen LogP contribution >= 0.6 is 27.7 Å². The average molecular weight is 337 g/mol. The Morgan fingerprint density at radius 3 is 2.47 bits per heavy atom. The topological polar surface area (TPSA) is 9.23 Å². The summed E-state index contributed by atoms with van der Waals surface area (Å²) in [6, 6.07) is 12.8. The van der Waals surface area contributed by atoms with Gasteiger partial charge in [-0.3, -0.25) is 0 Å². The second-order valence-corrected chi connectivity index (χ2v) is 6.41. The van der Waals surface area contributed by atoms with E-state index >= 15 is 0 Å². The molecule has 2 rings (SSSR count). The van der Waals surface area contributed by atoms with Crippen LogP contribution < -0.4 is 4.74 Å². The van der Waals surface area contributed by atoms with Gasteiger partial charge in [-0.05, 0) is 70.7 Å². The van der Waals surface area contributed by atoms with Crippen molar-refractivity contribution in [3.63, 3.8) is 0 Å². The molecule has 0 aromatic heterocycles. The van der Waals surface area contributed by atoms with Gasteiger partial charge in [-0.2, -0.15) is 0 Å². The molecule has 1 nitrogen and oxygen atoms in total. The molecule has 0 heterocycles. The smallest absolute Gasteiger partial charge is 0.133 e. The van der Waals surface area contributed by atoms with Crippen molar-refractivity contribution in [2.45, 2.75) is 24.5 Å². The van der Waals surface area contributed by atoms with Crippen molar-refractivity contribution < 1.29 is 4.74 Å². The van der Waals surface area contributed by atoms with E-state index in [9.17, 15) is 0 Å². The maximum atomic E-state index is 5.24. The van der Waals surface area contributed by atoms with E-state index in [4.69, 9.17) is 4.74 Å². The Morgan fingerprint density at radius 2 is 1.84 bits per heavy atom. The monoisotopic (exact) mass is 336 g/mol. The minimum atomic E-state index is 0.875. The van der Waals surface area contributed by atoms with E-state index in [0.717, 1.165) is 16.0 Å². The number of ether oxygens (including phenoxy) is 1. The predicted molar refractivity (Wildman–Crippen MR) is 86.2 cm³/mol. The fourth-order valence-corrected chi connectivity index (χ4v) is 3.30. The first kappa shape index (κ1) is 14.5. The van der Waals surface area contributed by atoms with E-state index < -0.39 is 0 Å². The van der Waals surface area contributed by atoms with Gasteiger partial charge in [0.25, 0.3) is 0 Å². The minimum Gasteiger partial charge on any atom is -0.496 e. The van der Waals surface area contributed by atoms with Gasteiger partial charge < -0.3 is 4.74 Å². The number of thioether (sulfide) groups is 1. The molecule has 0 saturated carbocycles. The molecule has 100 valence electrons. The summed E-state index contributed by atoms with van der Waals surface area (Å²) in [5, 5.41) is 0. The first-order chi connectivity index (χ1) is 9.10. The number of hydrogen-bond acceptors (Lipinski definition) is 2. The number of methoxy groups -OCH3 is 1. The molecule has 0 saturated heterocycles. The molecule has 0 amide bonds. The maximum Gasteiger partial charge on any atom is 0.133 e. The highest BCUT2D eigenvalue weighted by Crippen LogP contribution is 2.29. The Balaban J connectivity index is 2.05. The van der Waals surface area contributed by atoms with Crippen molar-refractivity contribution in [1.82, 2.24) is 0 Å². The van der Waals surface area contributed by atoms with Gasteiger partial charge in [0.05, 0.1) is 11.6 Å². The van der Waals surface area contributed by atoms with Crippen LogP contribution in [0.4, 0.5) is 0 Å². The van der Waals surface area contributed by atoms with Crippen molar-refractivity contribution in [2.75, 3.05) is 7.11 Å². The van der Waals surface area contributed by atoms with Crippen LogP contribution in [0.1, 0.15) is 16.7 Å². The molecule has 0 bridgehead atoms. The second-order valence-electron chi connectivity index (χ2n) is 4.50. The Morgan fingerprint density at radius 1 is 1.05 bits per heavy atom. The molecule has 2 aromatic carbocycles. The number of halogens is 1. The van der Waals surface area contributed by atoms with E-state index in [1.807, 2.05) is 17.8 Å². The lowest BCUT2D eigenvalue weighted by atomic mass is 10.1. The fraction of sp³-hybridized carbons (Fsp3) is 0.250. The van der Waals surface area contributed by atoms with Crippen LogP contribution in [0.3, 0.4) is 0 Å². The van der Waals surface area contributed by atoms with Crippen molar-refractivity contribution in [3.05, 3.63) is 57.6 Å².